The minimum absolute atomic E-state index is 0.500. The lowest BCUT2D eigenvalue weighted by molar-refractivity contribution is 0.189. The van der Waals surface area contributed by atoms with E-state index in [1.807, 2.05) is 0 Å². The van der Waals surface area contributed by atoms with Gasteiger partial charge in [-0.15, -0.1) is 0 Å². The van der Waals surface area contributed by atoms with Gasteiger partial charge in [0.2, 0.25) is 0 Å². The standard InChI is InChI=1S/C33H73N4O3P/c1-3-5-7-9-11-13-15-17-19-21-23-32-39-41(38,37-31-30-36-28-25-27-35-29-26-34)40-33-24-22-20-18-16-14-12-10-8-6-4-2/h35-36H,3-34H2,1-2H3,(H,37,38). The summed E-state index contributed by atoms with van der Waals surface area (Å²) in [7, 11) is -3.27. The third-order valence-corrected chi connectivity index (χ3v) is 9.31. The summed E-state index contributed by atoms with van der Waals surface area (Å²) in [6.07, 6.45) is 29.4. The van der Waals surface area contributed by atoms with Crippen LogP contribution in [0.25, 0.3) is 0 Å². The van der Waals surface area contributed by atoms with E-state index in [1.54, 1.807) is 0 Å². The molecule has 0 saturated carbocycles. The molecule has 0 amide bonds. The zero-order chi connectivity index (χ0) is 30.0. The van der Waals surface area contributed by atoms with Crippen LogP contribution in [0.15, 0.2) is 0 Å². The first-order valence-corrected chi connectivity index (χ1v) is 19.5. The highest BCUT2D eigenvalue weighted by atomic mass is 31.2. The van der Waals surface area contributed by atoms with Gasteiger partial charge in [0.25, 0.3) is 0 Å². The fraction of sp³-hybridized carbons (Fsp3) is 1.00. The second-order valence-corrected chi connectivity index (χ2v) is 13.6. The van der Waals surface area contributed by atoms with E-state index in [-0.39, 0.29) is 0 Å². The lowest BCUT2D eigenvalue weighted by Gasteiger charge is -2.20. The van der Waals surface area contributed by atoms with Gasteiger partial charge in [0.05, 0.1) is 13.2 Å². The van der Waals surface area contributed by atoms with E-state index in [4.69, 9.17) is 14.8 Å². The summed E-state index contributed by atoms with van der Waals surface area (Å²) in [5.41, 5.74) is 5.50. The smallest absolute Gasteiger partial charge is 0.329 e. The SMILES string of the molecule is CCCCCCCCCCCCCOP(=O)(NCCNCCCNCCN)OCCCCCCCCCCCCC. The first-order chi connectivity index (χ1) is 20.2. The average Bonchev–Trinajstić information content (AvgIpc) is 2.97. The summed E-state index contributed by atoms with van der Waals surface area (Å²) < 4.78 is 25.1. The Hall–Kier alpha value is -0.0100. The molecule has 0 rings (SSSR count). The van der Waals surface area contributed by atoms with Crippen LogP contribution in [-0.4, -0.2) is 52.5 Å². The minimum Gasteiger partial charge on any atom is -0.329 e. The van der Waals surface area contributed by atoms with Crippen LogP contribution in [-0.2, 0) is 13.6 Å². The minimum atomic E-state index is -3.27. The molecule has 0 bridgehead atoms. The molecule has 0 aliphatic heterocycles. The zero-order valence-electron chi connectivity index (χ0n) is 27.7. The van der Waals surface area contributed by atoms with Crippen LogP contribution in [0.4, 0.5) is 0 Å². The molecule has 8 heteroatoms. The molecule has 0 fully saturated rings. The highest BCUT2D eigenvalue weighted by molar-refractivity contribution is 7.51. The van der Waals surface area contributed by atoms with Crippen LogP contribution in [0.1, 0.15) is 162 Å². The summed E-state index contributed by atoms with van der Waals surface area (Å²) >= 11 is 0. The van der Waals surface area contributed by atoms with Gasteiger partial charge >= 0.3 is 7.75 Å². The molecule has 7 nitrogen and oxygen atoms in total. The number of unbranched alkanes of at least 4 members (excludes halogenated alkanes) is 20. The molecule has 0 spiro atoms. The van der Waals surface area contributed by atoms with Crippen LogP contribution in [0, 0.1) is 0 Å². The number of rotatable bonds is 36. The molecule has 41 heavy (non-hydrogen) atoms. The molecular formula is C33H73N4O3P. The number of nitrogens with two attached hydrogens (primary N) is 1. The van der Waals surface area contributed by atoms with Gasteiger partial charge in [0, 0.05) is 26.2 Å². The van der Waals surface area contributed by atoms with Crippen molar-refractivity contribution in [2.75, 3.05) is 52.5 Å². The Balaban J connectivity index is 4.05. The van der Waals surface area contributed by atoms with Crippen molar-refractivity contribution >= 4 is 7.75 Å². The third-order valence-electron chi connectivity index (χ3n) is 7.65. The largest absolute Gasteiger partial charge is 0.405 e. The van der Waals surface area contributed by atoms with Crippen molar-refractivity contribution in [1.82, 2.24) is 15.7 Å². The van der Waals surface area contributed by atoms with Gasteiger partial charge < -0.3 is 16.4 Å². The molecule has 0 aliphatic rings. The maximum atomic E-state index is 13.4. The fourth-order valence-corrected chi connectivity index (χ4v) is 6.38. The van der Waals surface area contributed by atoms with E-state index in [0.717, 1.165) is 58.3 Å². The van der Waals surface area contributed by atoms with Crippen molar-refractivity contribution in [1.29, 1.82) is 0 Å². The molecule has 5 N–H and O–H groups in total. The van der Waals surface area contributed by atoms with E-state index in [9.17, 15) is 4.57 Å². The Bertz CT molecular complexity index is 511. The normalized spacial score (nSPS) is 12.0. The quantitative estimate of drug-likeness (QED) is 0.0419. The molecule has 0 radical (unpaired) electrons. The van der Waals surface area contributed by atoms with E-state index >= 15 is 0 Å². The second-order valence-electron chi connectivity index (χ2n) is 11.8. The van der Waals surface area contributed by atoms with Gasteiger partial charge in [0.15, 0.2) is 0 Å². The van der Waals surface area contributed by atoms with Crippen molar-refractivity contribution in [3.63, 3.8) is 0 Å². The van der Waals surface area contributed by atoms with Crippen molar-refractivity contribution in [2.24, 2.45) is 5.73 Å². The Morgan fingerprint density at radius 1 is 0.463 bits per heavy atom. The summed E-state index contributed by atoms with van der Waals surface area (Å²) in [4.78, 5) is 0. The Kier molecular flexibility index (Phi) is 34.5. The molecule has 0 unspecified atom stereocenters. The van der Waals surface area contributed by atoms with E-state index in [0.29, 0.717) is 26.3 Å². The van der Waals surface area contributed by atoms with Crippen LogP contribution in [0.5, 0.6) is 0 Å². The second kappa shape index (κ2) is 34.5. The molecule has 0 aromatic carbocycles. The van der Waals surface area contributed by atoms with Crippen molar-refractivity contribution < 1.29 is 13.6 Å². The highest BCUT2D eigenvalue weighted by Gasteiger charge is 2.23. The van der Waals surface area contributed by atoms with Gasteiger partial charge in [0.1, 0.15) is 0 Å². The third kappa shape index (κ3) is 32.7. The molecule has 0 aromatic rings. The summed E-state index contributed by atoms with van der Waals surface area (Å²) in [5, 5.41) is 9.80. The van der Waals surface area contributed by atoms with Gasteiger partial charge in [-0.25, -0.2) is 9.65 Å². The Morgan fingerprint density at radius 2 is 0.829 bits per heavy atom. The van der Waals surface area contributed by atoms with Crippen LogP contribution < -0.4 is 21.5 Å². The van der Waals surface area contributed by atoms with Crippen LogP contribution >= 0.6 is 7.75 Å². The number of nitrogens with one attached hydrogen (secondary N) is 3. The maximum Gasteiger partial charge on any atom is 0.405 e. The van der Waals surface area contributed by atoms with Gasteiger partial charge in [-0.3, -0.25) is 9.05 Å². The van der Waals surface area contributed by atoms with Crippen molar-refractivity contribution in [3.8, 4) is 0 Å². The summed E-state index contributed by atoms with van der Waals surface area (Å²) in [6.45, 7) is 10.3. The first kappa shape index (κ1) is 41.0. The molecule has 0 atom stereocenters. The van der Waals surface area contributed by atoms with Crippen LogP contribution in [0.2, 0.25) is 0 Å². The molecule has 0 saturated heterocycles. The highest BCUT2D eigenvalue weighted by Crippen LogP contribution is 2.43. The molecule has 0 aromatic heterocycles. The van der Waals surface area contributed by atoms with Gasteiger partial charge in [-0.1, -0.05) is 142 Å². The predicted molar refractivity (Wildman–Crippen MR) is 180 cm³/mol. The predicted octanol–water partition coefficient (Wildman–Crippen LogP) is 8.87. The molecule has 248 valence electrons. The van der Waals surface area contributed by atoms with Crippen molar-refractivity contribution in [3.05, 3.63) is 0 Å². The summed E-state index contributed by atoms with van der Waals surface area (Å²) in [6, 6.07) is 0. The fourth-order valence-electron chi connectivity index (χ4n) is 5.00. The lowest BCUT2D eigenvalue weighted by Crippen LogP contribution is -2.30. The molecule has 0 aliphatic carbocycles. The molecule has 0 heterocycles. The van der Waals surface area contributed by atoms with E-state index < -0.39 is 7.75 Å². The van der Waals surface area contributed by atoms with E-state index in [2.05, 4.69) is 29.6 Å². The Labute approximate surface area is 256 Å². The Morgan fingerprint density at radius 3 is 1.22 bits per heavy atom. The van der Waals surface area contributed by atoms with E-state index in [1.165, 1.54) is 116 Å². The molecular weight excluding hydrogens is 531 g/mol. The summed E-state index contributed by atoms with van der Waals surface area (Å²) in [5.74, 6) is 0. The van der Waals surface area contributed by atoms with Gasteiger partial charge in [-0.2, -0.15) is 0 Å². The van der Waals surface area contributed by atoms with Gasteiger partial charge in [-0.05, 0) is 32.4 Å². The lowest BCUT2D eigenvalue weighted by atomic mass is 10.1. The zero-order valence-corrected chi connectivity index (χ0v) is 28.6. The first-order valence-electron chi connectivity index (χ1n) is 17.9. The topological polar surface area (TPSA) is 97.6 Å². The number of hydrogen-bond donors (Lipinski definition) is 4. The van der Waals surface area contributed by atoms with Crippen LogP contribution in [0.3, 0.4) is 0 Å². The average molecular weight is 605 g/mol. The monoisotopic (exact) mass is 605 g/mol. The van der Waals surface area contributed by atoms with Crippen molar-refractivity contribution in [2.45, 2.75) is 162 Å². The number of hydrogen-bond acceptors (Lipinski definition) is 6. The maximum absolute atomic E-state index is 13.4.